The number of rotatable bonds is 2. The molecule has 0 fully saturated rings. The molecular formula is C14H14N4O. The number of fused-ring (bicyclic) bond motifs is 1. The van der Waals surface area contributed by atoms with Crippen LogP contribution < -0.4 is 10.5 Å². The zero-order chi connectivity index (χ0) is 13.4. The van der Waals surface area contributed by atoms with Crippen LogP contribution in [0.4, 0.5) is 5.69 Å². The van der Waals surface area contributed by atoms with Crippen LogP contribution in [0.15, 0.2) is 36.7 Å². The van der Waals surface area contributed by atoms with Crippen molar-refractivity contribution in [3.05, 3.63) is 36.7 Å². The number of aryl methyl sites for hydroxylation is 1. The highest BCUT2D eigenvalue weighted by Crippen LogP contribution is 2.30. The van der Waals surface area contributed by atoms with Crippen LogP contribution in [-0.4, -0.2) is 21.6 Å². The van der Waals surface area contributed by atoms with E-state index in [4.69, 9.17) is 10.5 Å². The number of hydrogen-bond acceptors (Lipinski definition) is 4. The van der Waals surface area contributed by atoms with Crippen molar-refractivity contribution >= 4 is 16.7 Å². The van der Waals surface area contributed by atoms with E-state index in [9.17, 15) is 0 Å². The van der Waals surface area contributed by atoms with E-state index in [0.29, 0.717) is 5.69 Å². The molecule has 2 N–H and O–H groups in total. The van der Waals surface area contributed by atoms with Crippen LogP contribution in [0.25, 0.3) is 22.4 Å². The van der Waals surface area contributed by atoms with Crippen molar-refractivity contribution in [1.82, 2.24) is 14.5 Å². The molecule has 2 aromatic heterocycles. The van der Waals surface area contributed by atoms with Gasteiger partial charge in [-0.3, -0.25) is 4.98 Å². The number of ether oxygens (including phenoxy) is 1. The summed E-state index contributed by atoms with van der Waals surface area (Å²) in [5, 5.41) is 0. The first-order valence-corrected chi connectivity index (χ1v) is 5.91. The van der Waals surface area contributed by atoms with Gasteiger partial charge >= 0.3 is 0 Å². The number of imidazole rings is 1. The summed E-state index contributed by atoms with van der Waals surface area (Å²) in [5.41, 5.74) is 9.44. The summed E-state index contributed by atoms with van der Waals surface area (Å²) in [6.45, 7) is 0. The number of nitrogens with zero attached hydrogens (tertiary/aromatic N) is 3. The number of hydrogen-bond donors (Lipinski definition) is 1. The first kappa shape index (κ1) is 11.5. The van der Waals surface area contributed by atoms with E-state index in [-0.39, 0.29) is 0 Å². The number of pyridine rings is 1. The first-order valence-electron chi connectivity index (χ1n) is 5.91. The standard InChI is InChI=1S/C14H14N4O/c1-18-13-8-16-6-5-12(13)17-14(18)10-7-9(19-2)3-4-11(10)15/h3-8H,15H2,1-2H3. The molecule has 0 aliphatic carbocycles. The van der Waals surface area contributed by atoms with E-state index in [0.717, 1.165) is 28.2 Å². The van der Waals surface area contributed by atoms with Crippen LogP contribution in [0, 0.1) is 0 Å². The second-order valence-corrected chi connectivity index (χ2v) is 4.31. The number of methoxy groups -OCH3 is 1. The van der Waals surface area contributed by atoms with E-state index in [2.05, 4.69) is 9.97 Å². The monoisotopic (exact) mass is 254 g/mol. The summed E-state index contributed by atoms with van der Waals surface area (Å²) in [4.78, 5) is 8.73. The van der Waals surface area contributed by atoms with Crippen molar-refractivity contribution in [2.75, 3.05) is 12.8 Å². The van der Waals surface area contributed by atoms with Gasteiger partial charge in [-0.2, -0.15) is 0 Å². The Labute approximate surface area is 110 Å². The van der Waals surface area contributed by atoms with E-state index in [1.54, 1.807) is 19.5 Å². The highest BCUT2D eigenvalue weighted by molar-refractivity contribution is 5.83. The fourth-order valence-electron chi connectivity index (χ4n) is 2.13. The van der Waals surface area contributed by atoms with Gasteiger partial charge in [-0.25, -0.2) is 4.98 Å². The Kier molecular flexibility index (Phi) is 2.59. The van der Waals surface area contributed by atoms with Crippen molar-refractivity contribution in [3.63, 3.8) is 0 Å². The second-order valence-electron chi connectivity index (χ2n) is 4.31. The molecule has 0 radical (unpaired) electrons. The lowest BCUT2D eigenvalue weighted by atomic mass is 10.1. The molecule has 0 saturated carbocycles. The minimum absolute atomic E-state index is 0.673. The zero-order valence-electron chi connectivity index (χ0n) is 10.8. The Balaban J connectivity index is 2.27. The lowest BCUT2D eigenvalue weighted by Crippen LogP contribution is -1.97. The Morgan fingerprint density at radius 1 is 1.26 bits per heavy atom. The van der Waals surface area contributed by atoms with E-state index < -0.39 is 0 Å². The summed E-state index contributed by atoms with van der Waals surface area (Å²) < 4.78 is 7.22. The van der Waals surface area contributed by atoms with E-state index >= 15 is 0 Å². The van der Waals surface area contributed by atoms with Gasteiger partial charge in [-0.05, 0) is 24.3 Å². The van der Waals surface area contributed by atoms with Gasteiger partial charge in [0, 0.05) is 24.5 Å². The molecule has 96 valence electrons. The molecule has 5 nitrogen and oxygen atoms in total. The van der Waals surface area contributed by atoms with Crippen molar-refractivity contribution in [1.29, 1.82) is 0 Å². The van der Waals surface area contributed by atoms with Crippen molar-refractivity contribution in [2.24, 2.45) is 7.05 Å². The fraction of sp³-hybridized carbons (Fsp3) is 0.143. The van der Waals surface area contributed by atoms with Gasteiger partial charge in [0.05, 0.1) is 24.3 Å². The van der Waals surface area contributed by atoms with Gasteiger partial charge in [0.15, 0.2) is 0 Å². The topological polar surface area (TPSA) is 66.0 Å². The Morgan fingerprint density at radius 3 is 2.84 bits per heavy atom. The number of nitrogen functional groups attached to an aromatic ring is 1. The lowest BCUT2D eigenvalue weighted by molar-refractivity contribution is 0.415. The van der Waals surface area contributed by atoms with Gasteiger partial charge in [0.25, 0.3) is 0 Å². The van der Waals surface area contributed by atoms with Crippen LogP contribution in [-0.2, 0) is 7.05 Å². The molecule has 3 rings (SSSR count). The SMILES string of the molecule is COc1ccc(N)c(-c2nc3ccncc3n2C)c1. The largest absolute Gasteiger partial charge is 0.497 e. The van der Waals surface area contributed by atoms with Gasteiger partial charge in [-0.15, -0.1) is 0 Å². The number of anilines is 1. The van der Waals surface area contributed by atoms with Crippen molar-refractivity contribution in [3.8, 4) is 17.1 Å². The summed E-state index contributed by atoms with van der Waals surface area (Å²) in [6.07, 6.45) is 3.52. The summed E-state index contributed by atoms with van der Waals surface area (Å²) in [7, 11) is 3.58. The second kappa shape index (κ2) is 4.28. The van der Waals surface area contributed by atoms with Gasteiger partial charge in [0.2, 0.25) is 0 Å². The maximum absolute atomic E-state index is 6.04. The normalized spacial score (nSPS) is 10.8. The molecule has 2 heterocycles. The molecule has 0 amide bonds. The molecular weight excluding hydrogens is 240 g/mol. The van der Waals surface area contributed by atoms with Crippen molar-refractivity contribution in [2.45, 2.75) is 0 Å². The molecule has 0 unspecified atom stereocenters. The molecule has 0 saturated heterocycles. The number of aromatic nitrogens is 3. The minimum atomic E-state index is 0.673. The first-order chi connectivity index (χ1) is 9.20. The van der Waals surface area contributed by atoms with Crippen LogP contribution in [0.2, 0.25) is 0 Å². The molecule has 0 aliphatic heterocycles. The van der Waals surface area contributed by atoms with Crippen LogP contribution in [0.3, 0.4) is 0 Å². The van der Waals surface area contributed by atoms with Crippen molar-refractivity contribution < 1.29 is 4.74 Å². The summed E-state index contributed by atoms with van der Waals surface area (Å²) >= 11 is 0. The third-order valence-corrected chi connectivity index (χ3v) is 3.18. The van der Waals surface area contributed by atoms with Gasteiger partial charge in [0.1, 0.15) is 11.6 Å². The third kappa shape index (κ3) is 1.79. The molecule has 1 aromatic carbocycles. The molecule has 0 bridgehead atoms. The molecule has 3 aromatic rings. The van der Waals surface area contributed by atoms with Crippen LogP contribution in [0.5, 0.6) is 5.75 Å². The maximum Gasteiger partial charge on any atom is 0.143 e. The van der Waals surface area contributed by atoms with Gasteiger partial charge in [-0.1, -0.05) is 0 Å². The average molecular weight is 254 g/mol. The molecule has 0 spiro atoms. The van der Waals surface area contributed by atoms with Crippen LogP contribution >= 0.6 is 0 Å². The minimum Gasteiger partial charge on any atom is -0.497 e. The molecule has 0 aliphatic rings. The Morgan fingerprint density at radius 2 is 2.11 bits per heavy atom. The zero-order valence-corrected chi connectivity index (χ0v) is 10.8. The predicted molar refractivity (Wildman–Crippen MR) is 74.9 cm³/mol. The molecule has 5 heteroatoms. The lowest BCUT2D eigenvalue weighted by Gasteiger charge is -2.08. The highest BCUT2D eigenvalue weighted by atomic mass is 16.5. The predicted octanol–water partition coefficient (Wildman–Crippen LogP) is 2.23. The Hall–Kier alpha value is -2.56. The summed E-state index contributed by atoms with van der Waals surface area (Å²) in [5.74, 6) is 1.56. The maximum atomic E-state index is 6.04. The fourth-order valence-corrected chi connectivity index (χ4v) is 2.13. The highest BCUT2D eigenvalue weighted by Gasteiger charge is 2.13. The third-order valence-electron chi connectivity index (χ3n) is 3.18. The van der Waals surface area contributed by atoms with Crippen LogP contribution in [0.1, 0.15) is 0 Å². The Bertz CT molecular complexity index is 748. The quantitative estimate of drug-likeness (QED) is 0.712. The smallest absolute Gasteiger partial charge is 0.143 e. The number of nitrogens with two attached hydrogens (primary N) is 1. The van der Waals surface area contributed by atoms with E-state index in [1.165, 1.54) is 0 Å². The molecule has 19 heavy (non-hydrogen) atoms. The summed E-state index contributed by atoms with van der Waals surface area (Å²) in [6, 6.07) is 7.44. The molecule has 0 atom stereocenters. The van der Waals surface area contributed by atoms with E-state index in [1.807, 2.05) is 35.9 Å². The number of benzene rings is 1. The average Bonchev–Trinajstić information content (AvgIpc) is 2.77. The van der Waals surface area contributed by atoms with Gasteiger partial charge < -0.3 is 15.0 Å².